The number of piperidine rings is 1. The van der Waals surface area contributed by atoms with Crippen LogP contribution in [0.2, 0.25) is 0 Å². The summed E-state index contributed by atoms with van der Waals surface area (Å²) in [4.78, 5) is 12.0. The van der Waals surface area contributed by atoms with Crippen LogP contribution in [0, 0.1) is 6.92 Å². The van der Waals surface area contributed by atoms with Gasteiger partial charge in [-0.3, -0.25) is 4.90 Å². The molecule has 0 atom stereocenters. The first-order valence-corrected chi connectivity index (χ1v) is 12.3. The Labute approximate surface area is 197 Å². The zero-order valence-corrected chi connectivity index (χ0v) is 19.9. The van der Waals surface area contributed by atoms with Gasteiger partial charge < -0.3 is 10.4 Å². The van der Waals surface area contributed by atoms with Crippen molar-refractivity contribution in [3.05, 3.63) is 77.2 Å². The lowest BCUT2D eigenvalue weighted by Gasteiger charge is -2.34. The van der Waals surface area contributed by atoms with Crippen molar-refractivity contribution >= 4 is 0 Å². The zero-order chi connectivity index (χ0) is 23.0. The molecule has 0 amide bonds. The predicted octanol–water partition coefficient (Wildman–Crippen LogP) is 4.91. The highest BCUT2D eigenvalue weighted by molar-refractivity contribution is 5.59. The summed E-state index contributed by atoms with van der Waals surface area (Å²) in [5.41, 5.74) is 5.66. The minimum atomic E-state index is 0.356. The van der Waals surface area contributed by atoms with E-state index in [9.17, 15) is 5.11 Å². The maximum atomic E-state index is 9.71. The maximum absolute atomic E-state index is 9.71. The predicted molar refractivity (Wildman–Crippen MR) is 134 cm³/mol. The topological polar surface area (TPSA) is 61.3 Å². The van der Waals surface area contributed by atoms with Crippen LogP contribution in [0.4, 0.5) is 0 Å². The van der Waals surface area contributed by atoms with Crippen molar-refractivity contribution in [2.75, 3.05) is 19.6 Å². The van der Waals surface area contributed by atoms with Gasteiger partial charge in [-0.05, 0) is 87.1 Å². The molecule has 0 spiro atoms. The van der Waals surface area contributed by atoms with Crippen LogP contribution < -0.4 is 5.32 Å². The minimum Gasteiger partial charge on any atom is -0.508 e. The van der Waals surface area contributed by atoms with Crippen molar-refractivity contribution < 1.29 is 5.11 Å². The largest absolute Gasteiger partial charge is 0.508 e. The molecule has 2 heterocycles. The minimum absolute atomic E-state index is 0.356. The van der Waals surface area contributed by atoms with E-state index in [2.05, 4.69) is 52.5 Å². The summed E-state index contributed by atoms with van der Waals surface area (Å²) in [5.74, 6) is 1.24. The first-order valence-electron chi connectivity index (χ1n) is 12.3. The number of aromatic nitrogens is 2. The number of nitrogens with one attached hydrogen (secondary N) is 1. The van der Waals surface area contributed by atoms with Crippen LogP contribution >= 0.6 is 0 Å². The van der Waals surface area contributed by atoms with Gasteiger partial charge in [-0.1, -0.05) is 37.3 Å². The lowest BCUT2D eigenvalue weighted by Crippen LogP contribution is -2.42. The Kier molecular flexibility index (Phi) is 8.08. The van der Waals surface area contributed by atoms with Crippen LogP contribution in [0.5, 0.6) is 5.75 Å². The van der Waals surface area contributed by atoms with E-state index in [1.165, 1.54) is 24.0 Å². The van der Waals surface area contributed by atoms with Crippen LogP contribution in [0.25, 0.3) is 11.3 Å². The standard InChI is InChI=1S/C28H36N4O/c1-3-32(25-12-15-29-16-13-25)20-23-7-4-8-24(19-23)26-14-17-30-28(31-26)9-5-6-22-10-11-27(33)21(2)18-22/h4,7-8,10-11,14,17-19,25,29,33H,3,5-6,9,12-13,15-16,20H2,1-2H3. The van der Waals surface area contributed by atoms with Crippen molar-refractivity contribution in [3.8, 4) is 17.0 Å². The summed E-state index contributed by atoms with van der Waals surface area (Å²) < 4.78 is 0. The Morgan fingerprint density at radius 2 is 1.88 bits per heavy atom. The average molecular weight is 445 g/mol. The smallest absolute Gasteiger partial charge is 0.128 e. The number of rotatable bonds is 9. The highest BCUT2D eigenvalue weighted by atomic mass is 16.3. The zero-order valence-electron chi connectivity index (χ0n) is 19.9. The molecule has 1 aromatic heterocycles. The van der Waals surface area contributed by atoms with Crippen molar-refractivity contribution in [1.82, 2.24) is 20.2 Å². The van der Waals surface area contributed by atoms with Gasteiger partial charge in [0.25, 0.3) is 0 Å². The van der Waals surface area contributed by atoms with Crippen molar-refractivity contribution in [1.29, 1.82) is 0 Å². The number of aromatic hydroxyl groups is 1. The lowest BCUT2D eigenvalue weighted by atomic mass is 10.0. The molecular weight excluding hydrogens is 408 g/mol. The summed E-state index contributed by atoms with van der Waals surface area (Å²) in [6, 6.07) is 17.3. The fourth-order valence-electron chi connectivity index (χ4n) is 4.74. The van der Waals surface area contributed by atoms with Gasteiger partial charge >= 0.3 is 0 Å². The Morgan fingerprint density at radius 3 is 2.67 bits per heavy atom. The molecule has 5 heteroatoms. The monoisotopic (exact) mass is 444 g/mol. The molecule has 1 aliphatic rings. The van der Waals surface area contributed by atoms with E-state index in [1.807, 2.05) is 25.3 Å². The highest BCUT2D eigenvalue weighted by Crippen LogP contribution is 2.22. The molecule has 1 fully saturated rings. The van der Waals surface area contributed by atoms with Gasteiger partial charge in [0.05, 0.1) is 5.69 Å². The second-order valence-corrected chi connectivity index (χ2v) is 9.08. The molecule has 0 aliphatic carbocycles. The second kappa shape index (κ2) is 11.4. The third-order valence-electron chi connectivity index (χ3n) is 6.67. The Balaban J connectivity index is 1.39. The molecule has 0 radical (unpaired) electrons. The molecule has 5 nitrogen and oxygen atoms in total. The van der Waals surface area contributed by atoms with Crippen molar-refractivity contribution in [3.63, 3.8) is 0 Å². The van der Waals surface area contributed by atoms with Gasteiger partial charge in [0.2, 0.25) is 0 Å². The van der Waals surface area contributed by atoms with Crippen LogP contribution in [0.1, 0.15) is 48.7 Å². The van der Waals surface area contributed by atoms with Crippen LogP contribution in [0.15, 0.2) is 54.7 Å². The number of phenols is 1. The SMILES string of the molecule is CCN(Cc1cccc(-c2ccnc(CCCc3ccc(O)c(C)c3)n2)c1)C1CCNCC1. The quantitative estimate of drug-likeness (QED) is 0.491. The van der Waals surface area contributed by atoms with E-state index >= 15 is 0 Å². The molecule has 2 aromatic carbocycles. The summed E-state index contributed by atoms with van der Waals surface area (Å²) in [7, 11) is 0. The van der Waals surface area contributed by atoms with Gasteiger partial charge in [-0.2, -0.15) is 0 Å². The molecule has 3 aromatic rings. The van der Waals surface area contributed by atoms with E-state index in [0.29, 0.717) is 11.8 Å². The van der Waals surface area contributed by atoms with Gasteiger partial charge in [-0.15, -0.1) is 0 Å². The summed E-state index contributed by atoms with van der Waals surface area (Å²) >= 11 is 0. The molecule has 1 aliphatic heterocycles. The molecule has 33 heavy (non-hydrogen) atoms. The number of nitrogens with zero attached hydrogens (tertiary/aromatic N) is 3. The van der Waals surface area contributed by atoms with Crippen LogP contribution in [-0.2, 0) is 19.4 Å². The first-order chi connectivity index (χ1) is 16.1. The number of hydrogen-bond acceptors (Lipinski definition) is 5. The third kappa shape index (κ3) is 6.40. The second-order valence-electron chi connectivity index (χ2n) is 9.08. The molecule has 0 saturated carbocycles. The molecular formula is C28H36N4O. The first kappa shape index (κ1) is 23.4. The molecule has 174 valence electrons. The summed E-state index contributed by atoms with van der Waals surface area (Å²) in [5, 5.41) is 13.2. The number of benzene rings is 2. The van der Waals surface area contributed by atoms with E-state index in [-0.39, 0.29) is 0 Å². The van der Waals surface area contributed by atoms with Crippen LogP contribution in [-0.4, -0.2) is 45.7 Å². The van der Waals surface area contributed by atoms with Crippen molar-refractivity contribution in [2.45, 2.75) is 58.5 Å². The summed E-state index contributed by atoms with van der Waals surface area (Å²) in [6.07, 6.45) is 7.11. The van der Waals surface area contributed by atoms with Crippen LogP contribution in [0.3, 0.4) is 0 Å². The molecule has 4 rings (SSSR count). The Morgan fingerprint density at radius 1 is 1.03 bits per heavy atom. The van der Waals surface area contributed by atoms with Gasteiger partial charge in [0.1, 0.15) is 11.6 Å². The molecule has 1 saturated heterocycles. The summed E-state index contributed by atoms with van der Waals surface area (Å²) in [6.45, 7) is 8.51. The molecule has 0 unspecified atom stereocenters. The molecule has 0 bridgehead atoms. The Bertz CT molecular complexity index is 1050. The number of hydrogen-bond donors (Lipinski definition) is 2. The number of aryl methyl sites for hydroxylation is 3. The van der Waals surface area contributed by atoms with E-state index in [4.69, 9.17) is 4.98 Å². The highest BCUT2D eigenvalue weighted by Gasteiger charge is 2.19. The van der Waals surface area contributed by atoms with Gasteiger partial charge in [0.15, 0.2) is 0 Å². The van der Waals surface area contributed by atoms with Gasteiger partial charge in [-0.25, -0.2) is 9.97 Å². The van der Waals surface area contributed by atoms with E-state index < -0.39 is 0 Å². The average Bonchev–Trinajstić information content (AvgIpc) is 2.86. The Hall–Kier alpha value is -2.76. The normalized spacial score (nSPS) is 14.6. The van der Waals surface area contributed by atoms with E-state index in [0.717, 1.165) is 68.1 Å². The fourth-order valence-corrected chi connectivity index (χ4v) is 4.74. The lowest BCUT2D eigenvalue weighted by molar-refractivity contribution is 0.162. The molecule has 2 N–H and O–H groups in total. The van der Waals surface area contributed by atoms with Crippen molar-refractivity contribution in [2.24, 2.45) is 0 Å². The van der Waals surface area contributed by atoms with E-state index in [1.54, 1.807) is 6.07 Å². The third-order valence-corrected chi connectivity index (χ3v) is 6.67. The maximum Gasteiger partial charge on any atom is 0.128 e. The van der Waals surface area contributed by atoms with Gasteiger partial charge in [0, 0.05) is 30.8 Å². The number of phenolic OH excluding ortho intramolecular Hbond substituents is 1. The fraction of sp³-hybridized carbons (Fsp3) is 0.429.